The first kappa shape index (κ1) is 13.5. The molecular formula is C17H18ClNO. The van der Waals surface area contributed by atoms with Crippen LogP contribution in [0.2, 0.25) is 5.02 Å². The van der Waals surface area contributed by atoms with Crippen LogP contribution in [-0.2, 0) is 6.42 Å². The van der Waals surface area contributed by atoms with Crippen molar-refractivity contribution in [1.29, 1.82) is 0 Å². The van der Waals surface area contributed by atoms with Gasteiger partial charge in [-0.2, -0.15) is 0 Å². The quantitative estimate of drug-likeness (QED) is 0.859. The first-order valence-corrected chi connectivity index (χ1v) is 7.22. The number of hydrogen-bond acceptors (Lipinski definition) is 2. The monoisotopic (exact) mass is 287 g/mol. The average molecular weight is 288 g/mol. The maximum absolute atomic E-state index is 9.92. The van der Waals surface area contributed by atoms with Crippen molar-refractivity contribution in [3.05, 3.63) is 63.7 Å². The zero-order chi connectivity index (χ0) is 14.3. The number of aromatic hydroxyl groups is 1. The van der Waals surface area contributed by atoms with Gasteiger partial charge in [-0.05, 0) is 49.2 Å². The van der Waals surface area contributed by atoms with Crippen molar-refractivity contribution < 1.29 is 5.11 Å². The maximum atomic E-state index is 9.92. The summed E-state index contributed by atoms with van der Waals surface area (Å²) in [5.74, 6) is 0.165. The summed E-state index contributed by atoms with van der Waals surface area (Å²) in [6.45, 7) is 3.08. The zero-order valence-corrected chi connectivity index (χ0v) is 12.5. The molecule has 3 heteroatoms. The van der Waals surface area contributed by atoms with Crippen molar-refractivity contribution in [3.63, 3.8) is 0 Å². The van der Waals surface area contributed by atoms with Crippen LogP contribution in [0.5, 0.6) is 5.75 Å². The number of halogens is 1. The largest absolute Gasteiger partial charge is 0.506 e. The van der Waals surface area contributed by atoms with Crippen LogP contribution in [0.15, 0.2) is 36.4 Å². The molecule has 1 atom stereocenters. The van der Waals surface area contributed by atoms with E-state index < -0.39 is 0 Å². The van der Waals surface area contributed by atoms with Gasteiger partial charge in [0.25, 0.3) is 0 Å². The molecule has 0 radical (unpaired) electrons. The maximum Gasteiger partial charge on any atom is 0.134 e. The Balaban J connectivity index is 2.12. The van der Waals surface area contributed by atoms with Gasteiger partial charge in [0.1, 0.15) is 5.75 Å². The van der Waals surface area contributed by atoms with Crippen LogP contribution < -0.4 is 0 Å². The molecule has 0 saturated carbocycles. The minimum atomic E-state index is 0.165. The normalized spacial score (nSPS) is 18.9. The molecule has 1 aliphatic heterocycles. The molecule has 2 nitrogen and oxygen atoms in total. The minimum Gasteiger partial charge on any atom is -0.506 e. The highest BCUT2D eigenvalue weighted by Gasteiger charge is 2.27. The van der Waals surface area contributed by atoms with E-state index in [0.717, 1.165) is 18.5 Å². The van der Waals surface area contributed by atoms with Gasteiger partial charge in [-0.15, -0.1) is 0 Å². The molecule has 2 aromatic rings. The van der Waals surface area contributed by atoms with Gasteiger partial charge in [0, 0.05) is 6.54 Å². The van der Waals surface area contributed by atoms with E-state index in [-0.39, 0.29) is 11.8 Å². The van der Waals surface area contributed by atoms with E-state index in [1.807, 2.05) is 12.1 Å². The summed E-state index contributed by atoms with van der Waals surface area (Å²) in [4.78, 5) is 2.32. The molecule has 0 saturated heterocycles. The number of likely N-dealkylation sites (N-methyl/N-ethyl adjacent to an activating group) is 1. The summed E-state index contributed by atoms with van der Waals surface area (Å²) in [6, 6.07) is 12.5. The molecular weight excluding hydrogens is 270 g/mol. The molecule has 0 amide bonds. The first-order chi connectivity index (χ1) is 9.56. The number of aryl methyl sites for hydroxylation is 1. The van der Waals surface area contributed by atoms with Crippen molar-refractivity contribution in [1.82, 2.24) is 4.90 Å². The highest BCUT2D eigenvalue weighted by molar-refractivity contribution is 6.32. The minimum absolute atomic E-state index is 0.165. The molecule has 1 aliphatic rings. The van der Waals surface area contributed by atoms with E-state index in [2.05, 4.69) is 43.1 Å². The van der Waals surface area contributed by atoms with E-state index in [4.69, 9.17) is 11.6 Å². The number of rotatable bonds is 1. The fourth-order valence-electron chi connectivity index (χ4n) is 2.94. The highest BCUT2D eigenvalue weighted by Crippen LogP contribution is 2.38. The summed E-state index contributed by atoms with van der Waals surface area (Å²) < 4.78 is 0. The summed E-state index contributed by atoms with van der Waals surface area (Å²) in [6.07, 6.45) is 0.966. The van der Waals surface area contributed by atoms with E-state index in [1.54, 1.807) is 0 Å². The van der Waals surface area contributed by atoms with E-state index in [0.29, 0.717) is 5.02 Å². The van der Waals surface area contributed by atoms with E-state index in [1.165, 1.54) is 16.7 Å². The molecule has 0 bridgehead atoms. The van der Waals surface area contributed by atoms with Crippen LogP contribution >= 0.6 is 11.6 Å². The molecule has 3 rings (SSSR count). The van der Waals surface area contributed by atoms with Crippen molar-refractivity contribution in [2.75, 3.05) is 13.6 Å². The smallest absolute Gasteiger partial charge is 0.134 e. The lowest BCUT2D eigenvalue weighted by Gasteiger charge is -2.35. The predicted octanol–water partition coefficient (Wildman–Crippen LogP) is 3.93. The van der Waals surface area contributed by atoms with Crippen molar-refractivity contribution >= 4 is 11.6 Å². The van der Waals surface area contributed by atoms with Gasteiger partial charge < -0.3 is 5.11 Å². The molecule has 0 spiro atoms. The van der Waals surface area contributed by atoms with Gasteiger partial charge in [0.15, 0.2) is 0 Å². The third-order valence-electron chi connectivity index (χ3n) is 4.07. The van der Waals surface area contributed by atoms with Gasteiger partial charge in [0.05, 0.1) is 11.1 Å². The predicted molar refractivity (Wildman–Crippen MR) is 82.5 cm³/mol. The number of phenols is 1. The lowest BCUT2D eigenvalue weighted by molar-refractivity contribution is 0.264. The molecule has 0 aromatic heterocycles. The summed E-state index contributed by atoms with van der Waals surface area (Å²) in [5, 5.41) is 10.4. The van der Waals surface area contributed by atoms with Gasteiger partial charge >= 0.3 is 0 Å². The lowest BCUT2D eigenvalue weighted by atomic mass is 9.88. The van der Waals surface area contributed by atoms with Crippen LogP contribution in [0.25, 0.3) is 0 Å². The van der Waals surface area contributed by atoms with Crippen molar-refractivity contribution in [3.8, 4) is 5.75 Å². The topological polar surface area (TPSA) is 23.5 Å². The standard InChI is InChI=1S/C17H18ClNO/c1-11-3-5-12(6-4-11)17-14-10-16(20)15(18)9-13(14)7-8-19(17)2/h3-6,9-10,17,20H,7-8H2,1-2H3. The summed E-state index contributed by atoms with van der Waals surface area (Å²) in [5.41, 5.74) is 4.90. The highest BCUT2D eigenvalue weighted by atomic mass is 35.5. The van der Waals surface area contributed by atoms with E-state index in [9.17, 15) is 5.11 Å². The van der Waals surface area contributed by atoms with Gasteiger partial charge in [-0.3, -0.25) is 4.90 Å². The Morgan fingerprint density at radius 2 is 1.90 bits per heavy atom. The van der Waals surface area contributed by atoms with Crippen LogP contribution in [0.3, 0.4) is 0 Å². The van der Waals surface area contributed by atoms with E-state index >= 15 is 0 Å². The fraction of sp³-hybridized carbons (Fsp3) is 0.294. The second-order valence-corrected chi connectivity index (χ2v) is 5.95. The summed E-state index contributed by atoms with van der Waals surface area (Å²) >= 11 is 6.03. The number of fused-ring (bicyclic) bond motifs is 1. The van der Waals surface area contributed by atoms with Crippen molar-refractivity contribution in [2.24, 2.45) is 0 Å². The first-order valence-electron chi connectivity index (χ1n) is 6.84. The van der Waals surface area contributed by atoms with Gasteiger partial charge in [-0.1, -0.05) is 41.4 Å². The molecule has 1 unspecified atom stereocenters. The van der Waals surface area contributed by atoms with Crippen molar-refractivity contribution in [2.45, 2.75) is 19.4 Å². The molecule has 2 aromatic carbocycles. The number of benzene rings is 2. The summed E-state index contributed by atoms with van der Waals surface area (Å²) in [7, 11) is 2.12. The van der Waals surface area contributed by atoms with Crippen LogP contribution in [-0.4, -0.2) is 23.6 Å². The zero-order valence-electron chi connectivity index (χ0n) is 11.7. The van der Waals surface area contributed by atoms with Crippen LogP contribution in [0.1, 0.15) is 28.3 Å². The second-order valence-electron chi connectivity index (χ2n) is 5.55. The number of phenolic OH excluding ortho intramolecular Hbond substituents is 1. The lowest BCUT2D eigenvalue weighted by Crippen LogP contribution is -2.32. The Morgan fingerprint density at radius 1 is 1.20 bits per heavy atom. The number of hydrogen-bond donors (Lipinski definition) is 1. The Kier molecular flexibility index (Phi) is 3.45. The average Bonchev–Trinajstić information content (AvgIpc) is 2.42. The Hall–Kier alpha value is -1.51. The molecule has 0 fully saturated rings. The molecule has 0 aliphatic carbocycles. The second kappa shape index (κ2) is 5.12. The number of nitrogens with zero attached hydrogens (tertiary/aromatic N) is 1. The molecule has 20 heavy (non-hydrogen) atoms. The third-order valence-corrected chi connectivity index (χ3v) is 4.37. The fourth-order valence-corrected chi connectivity index (χ4v) is 3.12. The molecule has 104 valence electrons. The molecule has 1 heterocycles. The Morgan fingerprint density at radius 3 is 2.60 bits per heavy atom. The molecule has 1 N–H and O–H groups in total. The Labute approximate surface area is 124 Å². The van der Waals surface area contributed by atoms with Crippen LogP contribution in [0.4, 0.5) is 0 Å². The van der Waals surface area contributed by atoms with Gasteiger partial charge in [0.2, 0.25) is 0 Å². The Bertz CT molecular complexity index is 636. The SMILES string of the molecule is Cc1ccc(C2c3cc(O)c(Cl)cc3CCN2C)cc1. The third kappa shape index (κ3) is 2.30. The van der Waals surface area contributed by atoms with Gasteiger partial charge in [-0.25, -0.2) is 0 Å². The van der Waals surface area contributed by atoms with Crippen LogP contribution in [0, 0.1) is 6.92 Å².